The Labute approximate surface area is 159 Å². The van der Waals surface area contributed by atoms with Crippen molar-refractivity contribution in [2.75, 3.05) is 13.7 Å². The van der Waals surface area contributed by atoms with E-state index in [-0.39, 0.29) is 22.9 Å². The molecule has 0 bridgehead atoms. The van der Waals surface area contributed by atoms with Gasteiger partial charge in [-0.2, -0.15) is 0 Å². The number of ketones is 1. The zero-order valence-corrected chi connectivity index (χ0v) is 17.0. The van der Waals surface area contributed by atoms with Crippen LogP contribution in [0.25, 0.3) is 0 Å². The largest absolute Gasteiger partial charge is 0.393 e. The zero-order chi connectivity index (χ0) is 18.5. The Morgan fingerprint density at radius 1 is 1.04 bits per heavy atom. The van der Waals surface area contributed by atoms with Crippen LogP contribution in [0.2, 0.25) is 0 Å². The fourth-order valence-electron chi connectivity index (χ4n) is 8.22. The fraction of sp³-hybridized carbons (Fsp3) is 0.957. The summed E-state index contributed by atoms with van der Waals surface area (Å²) in [6.07, 6.45) is 11.3. The molecule has 0 saturated heterocycles. The lowest BCUT2D eigenvalue weighted by Gasteiger charge is -2.61. The van der Waals surface area contributed by atoms with Crippen molar-refractivity contribution >= 4 is 5.78 Å². The van der Waals surface area contributed by atoms with E-state index in [1.807, 2.05) is 0 Å². The van der Waals surface area contributed by atoms with Crippen LogP contribution >= 0.6 is 0 Å². The Morgan fingerprint density at radius 3 is 2.62 bits per heavy atom. The van der Waals surface area contributed by atoms with Gasteiger partial charge in [0.15, 0.2) is 0 Å². The number of methoxy groups -OCH3 is 1. The maximum absolute atomic E-state index is 12.8. The number of carbonyl (C=O) groups excluding carboxylic acids is 1. The molecule has 3 nitrogen and oxygen atoms in total. The summed E-state index contributed by atoms with van der Waals surface area (Å²) in [4.78, 5) is 12.8. The topological polar surface area (TPSA) is 46.5 Å². The van der Waals surface area contributed by atoms with E-state index in [2.05, 4.69) is 13.8 Å². The lowest BCUT2D eigenvalue weighted by molar-refractivity contribution is -0.165. The highest BCUT2D eigenvalue weighted by molar-refractivity contribution is 5.82. The molecule has 0 aromatic heterocycles. The SMILES string of the molecule is COCCC(=O)[C@H]1CC[C@H]2[C@@H]3CC[C@@H]4CCCC(O)[C@]4(C)[C@H]3CC[C@]12C. The average Bonchev–Trinajstić information content (AvgIpc) is 2.98. The number of fused-ring (bicyclic) bond motifs is 5. The quantitative estimate of drug-likeness (QED) is 0.794. The van der Waals surface area contributed by atoms with Crippen LogP contribution in [-0.4, -0.2) is 30.7 Å². The first-order valence-corrected chi connectivity index (χ1v) is 11.1. The zero-order valence-electron chi connectivity index (χ0n) is 17.0. The highest BCUT2D eigenvalue weighted by Crippen LogP contribution is 2.67. The number of hydrogen-bond donors (Lipinski definition) is 1. The molecule has 0 spiro atoms. The van der Waals surface area contributed by atoms with Crippen molar-refractivity contribution < 1.29 is 14.6 Å². The minimum atomic E-state index is -0.112. The Hall–Kier alpha value is -0.410. The number of aliphatic hydroxyl groups is 1. The third kappa shape index (κ3) is 2.64. The van der Waals surface area contributed by atoms with Gasteiger partial charge in [-0.15, -0.1) is 0 Å². The molecule has 0 aromatic carbocycles. The van der Waals surface area contributed by atoms with E-state index in [1.165, 1.54) is 44.9 Å². The lowest BCUT2D eigenvalue weighted by atomic mass is 9.44. The van der Waals surface area contributed by atoms with Crippen molar-refractivity contribution in [2.24, 2.45) is 40.4 Å². The van der Waals surface area contributed by atoms with Gasteiger partial charge in [-0.1, -0.05) is 20.3 Å². The van der Waals surface area contributed by atoms with Crippen LogP contribution in [0.5, 0.6) is 0 Å². The normalized spacial score (nSPS) is 50.6. The van der Waals surface area contributed by atoms with Crippen molar-refractivity contribution in [2.45, 2.75) is 84.2 Å². The molecule has 4 fully saturated rings. The molecule has 0 amide bonds. The fourth-order valence-corrected chi connectivity index (χ4v) is 8.22. The van der Waals surface area contributed by atoms with Gasteiger partial charge in [0.25, 0.3) is 0 Å². The van der Waals surface area contributed by atoms with Gasteiger partial charge in [0, 0.05) is 19.4 Å². The molecule has 1 unspecified atom stereocenters. The maximum Gasteiger partial charge on any atom is 0.138 e. The molecule has 0 radical (unpaired) electrons. The number of hydrogen-bond acceptors (Lipinski definition) is 3. The molecule has 4 saturated carbocycles. The summed E-state index contributed by atoms with van der Waals surface area (Å²) < 4.78 is 5.16. The Balaban J connectivity index is 1.57. The summed E-state index contributed by atoms with van der Waals surface area (Å²) in [5, 5.41) is 11.0. The highest BCUT2D eigenvalue weighted by atomic mass is 16.5. The number of aliphatic hydroxyl groups excluding tert-OH is 1. The second-order valence-electron chi connectivity index (χ2n) is 10.3. The first kappa shape index (κ1) is 18.9. The van der Waals surface area contributed by atoms with Crippen LogP contribution in [0.15, 0.2) is 0 Å². The molecule has 4 rings (SSSR count). The molecule has 4 aliphatic carbocycles. The van der Waals surface area contributed by atoms with Crippen LogP contribution < -0.4 is 0 Å². The summed E-state index contributed by atoms with van der Waals surface area (Å²) in [6.45, 7) is 5.40. The third-order valence-electron chi connectivity index (χ3n) is 9.65. The molecule has 8 atom stereocenters. The van der Waals surface area contributed by atoms with E-state index >= 15 is 0 Å². The van der Waals surface area contributed by atoms with Crippen LogP contribution in [-0.2, 0) is 9.53 Å². The van der Waals surface area contributed by atoms with E-state index in [9.17, 15) is 9.90 Å². The van der Waals surface area contributed by atoms with Crippen LogP contribution in [0, 0.1) is 40.4 Å². The number of carbonyl (C=O) groups is 1. The first-order valence-electron chi connectivity index (χ1n) is 11.1. The van der Waals surface area contributed by atoms with E-state index in [0.29, 0.717) is 30.6 Å². The maximum atomic E-state index is 12.8. The third-order valence-corrected chi connectivity index (χ3v) is 9.65. The molecule has 0 aromatic rings. The molecule has 3 heteroatoms. The monoisotopic (exact) mass is 362 g/mol. The first-order chi connectivity index (χ1) is 12.4. The summed E-state index contributed by atoms with van der Waals surface area (Å²) in [6, 6.07) is 0. The Kier molecular flexibility index (Phi) is 5.01. The summed E-state index contributed by atoms with van der Waals surface area (Å²) in [7, 11) is 1.69. The minimum absolute atomic E-state index is 0.112. The summed E-state index contributed by atoms with van der Waals surface area (Å²) in [5.41, 5.74) is 0.315. The molecule has 0 heterocycles. The van der Waals surface area contributed by atoms with Crippen molar-refractivity contribution in [1.82, 2.24) is 0 Å². The minimum Gasteiger partial charge on any atom is -0.393 e. The molecule has 0 aliphatic heterocycles. The molecular formula is C23H38O3. The van der Waals surface area contributed by atoms with E-state index in [1.54, 1.807) is 7.11 Å². The second-order valence-corrected chi connectivity index (χ2v) is 10.3. The Morgan fingerprint density at radius 2 is 1.85 bits per heavy atom. The molecule has 26 heavy (non-hydrogen) atoms. The lowest BCUT2D eigenvalue weighted by Crippen LogP contribution is -2.57. The van der Waals surface area contributed by atoms with E-state index < -0.39 is 0 Å². The molecule has 148 valence electrons. The van der Waals surface area contributed by atoms with Crippen molar-refractivity contribution in [1.29, 1.82) is 0 Å². The van der Waals surface area contributed by atoms with Gasteiger partial charge in [-0.25, -0.2) is 0 Å². The van der Waals surface area contributed by atoms with Gasteiger partial charge in [0.2, 0.25) is 0 Å². The smallest absolute Gasteiger partial charge is 0.138 e. The molecule has 4 aliphatic rings. The van der Waals surface area contributed by atoms with Gasteiger partial charge in [0.05, 0.1) is 12.7 Å². The predicted octanol–water partition coefficient (Wildman–Crippen LogP) is 4.61. The van der Waals surface area contributed by atoms with Gasteiger partial charge in [0.1, 0.15) is 5.78 Å². The second kappa shape index (κ2) is 6.88. The van der Waals surface area contributed by atoms with Crippen molar-refractivity contribution in [3.05, 3.63) is 0 Å². The van der Waals surface area contributed by atoms with Crippen LogP contribution in [0.1, 0.15) is 78.1 Å². The summed E-state index contributed by atoms with van der Waals surface area (Å²) >= 11 is 0. The van der Waals surface area contributed by atoms with E-state index in [4.69, 9.17) is 4.74 Å². The summed E-state index contributed by atoms with van der Waals surface area (Å²) in [5.74, 6) is 3.48. The van der Waals surface area contributed by atoms with Crippen molar-refractivity contribution in [3.8, 4) is 0 Å². The van der Waals surface area contributed by atoms with Crippen LogP contribution in [0.4, 0.5) is 0 Å². The highest BCUT2D eigenvalue weighted by Gasteiger charge is 2.62. The van der Waals surface area contributed by atoms with Crippen molar-refractivity contribution in [3.63, 3.8) is 0 Å². The van der Waals surface area contributed by atoms with Gasteiger partial charge in [-0.3, -0.25) is 4.79 Å². The number of Topliss-reactive ketones (excluding diaryl/α,β-unsaturated/α-hetero) is 1. The standard InChI is InChI=1S/C23H38O3/c1-22-13-11-18-16(8-7-15-5-4-6-21(25)23(15,18)2)17(22)9-10-19(22)20(24)12-14-26-3/h15-19,21,25H,4-14H2,1-3H3/t15-,16-,17-,18-,19+,21?,22-,23-/m0/s1. The van der Waals surface area contributed by atoms with E-state index in [0.717, 1.165) is 24.7 Å². The average molecular weight is 363 g/mol. The van der Waals surface area contributed by atoms with Gasteiger partial charge < -0.3 is 9.84 Å². The number of ether oxygens (including phenoxy) is 1. The van der Waals surface area contributed by atoms with Gasteiger partial charge >= 0.3 is 0 Å². The Bertz CT molecular complexity index is 546. The molecule has 1 N–H and O–H groups in total. The number of rotatable bonds is 4. The van der Waals surface area contributed by atoms with Crippen LogP contribution in [0.3, 0.4) is 0 Å². The van der Waals surface area contributed by atoms with Gasteiger partial charge in [-0.05, 0) is 85.9 Å². The molecular weight excluding hydrogens is 324 g/mol. The predicted molar refractivity (Wildman–Crippen MR) is 103 cm³/mol.